The largest absolute Gasteiger partial charge is 0.253 e. The van der Waals surface area contributed by atoms with E-state index in [9.17, 15) is 0 Å². The number of hydrogen-bond donors (Lipinski definition) is 0. The Morgan fingerprint density at radius 3 is 1.50 bits per heavy atom. The van der Waals surface area contributed by atoms with E-state index < -0.39 is 0 Å². The van der Waals surface area contributed by atoms with Crippen LogP contribution in [0.1, 0.15) is 76.9 Å². The van der Waals surface area contributed by atoms with Gasteiger partial charge in [0.25, 0.3) is 11.6 Å². The predicted octanol–water partition coefficient (Wildman–Crippen LogP) is 4.40. The van der Waals surface area contributed by atoms with Gasteiger partial charge in [0.2, 0.25) is 0 Å². The van der Waals surface area contributed by atoms with E-state index in [1.54, 1.807) is 0 Å². The molecular weight excluding hydrogens is 320 g/mol. The smallest absolute Gasteiger partial charge is 0.237 e. The second-order valence-electron chi connectivity index (χ2n) is 7.42. The van der Waals surface area contributed by atoms with Crippen molar-refractivity contribution in [1.82, 2.24) is 9.13 Å². The van der Waals surface area contributed by atoms with Crippen molar-refractivity contribution in [3.63, 3.8) is 0 Å². The van der Waals surface area contributed by atoms with E-state index in [0.29, 0.717) is 0 Å². The zero-order valence-corrected chi connectivity index (χ0v) is 18.2. The normalized spacial score (nSPS) is 10.7. The van der Waals surface area contributed by atoms with Crippen LogP contribution in [0.5, 0.6) is 0 Å². The molecule has 0 aromatic carbocycles. The summed E-state index contributed by atoms with van der Waals surface area (Å²) in [6, 6.07) is 0. The van der Waals surface area contributed by atoms with Crippen LogP contribution in [0.3, 0.4) is 0 Å². The van der Waals surface area contributed by atoms with Gasteiger partial charge in [-0.1, -0.05) is 46.0 Å². The van der Waals surface area contributed by atoms with E-state index in [4.69, 9.17) is 0 Å². The van der Waals surface area contributed by atoms with E-state index in [1.807, 2.05) is 0 Å². The topological polar surface area (TPSA) is 17.6 Å². The van der Waals surface area contributed by atoms with Gasteiger partial charge in [0.05, 0.1) is 27.2 Å². The summed E-state index contributed by atoms with van der Waals surface area (Å²) in [6.45, 7) is 11.1. The van der Waals surface area contributed by atoms with Crippen LogP contribution in [-0.2, 0) is 27.2 Å². The van der Waals surface area contributed by atoms with Gasteiger partial charge >= 0.3 is 0 Å². The van der Waals surface area contributed by atoms with Crippen molar-refractivity contribution in [2.75, 3.05) is 0 Å². The highest BCUT2D eigenvalue weighted by Crippen LogP contribution is 2.06. The van der Waals surface area contributed by atoms with E-state index in [-0.39, 0.29) is 0 Å². The minimum Gasteiger partial charge on any atom is -0.237 e. The third-order valence-corrected chi connectivity index (χ3v) is 5.30. The van der Waals surface area contributed by atoms with Crippen molar-refractivity contribution < 1.29 is 9.13 Å². The first-order valence-corrected chi connectivity index (χ1v) is 10.5. The molecule has 0 spiro atoms. The van der Waals surface area contributed by atoms with Crippen LogP contribution < -0.4 is 9.13 Å². The second-order valence-corrected chi connectivity index (χ2v) is 7.42. The molecule has 0 aliphatic heterocycles. The number of unbranched alkanes of at least 4 members (excludes halogenated alkanes) is 6. The van der Waals surface area contributed by atoms with Gasteiger partial charge in [0.15, 0.2) is 0 Å². The third kappa shape index (κ3) is 7.76. The van der Waals surface area contributed by atoms with Crippen molar-refractivity contribution >= 4 is 0 Å². The van der Waals surface area contributed by atoms with Gasteiger partial charge in [-0.25, -0.2) is 18.3 Å². The number of rotatable bonds is 10. The Kier molecular flexibility index (Phi) is 11.0. The zero-order valence-electron chi connectivity index (χ0n) is 18.2. The van der Waals surface area contributed by atoms with Crippen molar-refractivity contribution in [2.24, 2.45) is 14.1 Å². The highest BCUT2D eigenvalue weighted by atomic mass is 15.1. The first kappa shape index (κ1) is 22.5. The number of aromatic nitrogens is 4. The molecule has 4 nitrogen and oxygen atoms in total. The highest BCUT2D eigenvalue weighted by molar-refractivity contribution is 4.79. The summed E-state index contributed by atoms with van der Waals surface area (Å²) in [4.78, 5) is 0. The summed E-state index contributed by atoms with van der Waals surface area (Å²) in [5.74, 6) is 2.68. The Morgan fingerprint density at radius 2 is 1.08 bits per heavy atom. The summed E-state index contributed by atoms with van der Waals surface area (Å²) in [7, 11) is 4.19. The summed E-state index contributed by atoms with van der Waals surface area (Å²) >= 11 is 0. The lowest BCUT2D eigenvalue weighted by molar-refractivity contribution is -0.677. The minimum atomic E-state index is 1.16. The fraction of sp³-hybridized carbons (Fsp3) is 0.727. The van der Waals surface area contributed by atoms with Crippen LogP contribution in [0.4, 0.5) is 0 Å². The molecular formula is C22H42N4+2. The minimum absolute atomic E-state index is 1.16. The Balaban J connectivity index is 0.000000273. The molecule has 0 aliphatic rings. The van der Waals surface area contributed by atoms with E-state index in [2.05, 4.69) is 84.8 Å². The van der Waals surface area contributed by atoms with Crippen LogP contribution in [0.25, 0.3) is 0 Å². The van der Waals surface area contributed by atoms with Crippen molar-refractivity contribution in [2.45, 2.75) is 92.2 Å². The summed E-state index contributed by atoms with van der Waals surface area (Å²) in [6.07, 6.45) is 19.3. The fourth-order valence-corrected chi connectivity index (χ4v) is 3.06. The maximum Gasteiger partial charge on any atom is 0.253 e. The Hall–Kier alpha value is -1.58. The third-order valence-electron chi connectivity index (χ3n) is 5.30. The van der Waals surface area contributed by atoms with Crippen LogP contribution >= 0.6 is 0 Å². The SMILES string of the molecule is CCCCCCCCn1cc[n+](C)c1C.CCCCn1cc[n+](C)c1C. The van der Waals surface area contributed by atoms with Crippen molar-refractivity contribution in [1.29, 1.82) is 0 Å². The molecule has 0 amide bonds. The molecule has 2 rings (SSSR count). The molecule has 2 heterocycles. The van der Waals surface area contributed by atoms with Gasteiger partial charge in [-0.05, 0) is 19.3 Å². The lowest BCUT2D eigenvalue weighted by Gasteiger charge is -2.00. The molecule has 0 atom stereocenters. The summed E-state index contributed by atoms with van der Waals surface area (Å²) in [5.41, 5.74) is 0. The molecule has 0 aliphatic carbocycles. The highest BCUT2D eigenvalue weighted by Gasteiger charge is 2.07. The van der Waals surface area contributed by atoms with E-state index >= 15 is 0 Å². The van der Waals surface area contributed by atoms with Crippen molar-refractivity contribution in [3.8, 4) is 0 Å². The first-order valence-electron chi connectivity index (χ1n) is 10.5. The maximum absolute atomic E-state index is 2.35. The quantitative estimate of drug-likeness (QED) is 0.440. The average molecular weight is 363 g/mol. The van der Waals surface area contributed by atoms with Gasteiger partial charge in [0, 0.05) is 13.8 Å². The van der Waals surface area contributed by atoms with Crippen LogP contribution in [0, 0.1) is 13.8 Å². The summed E-state index contributed by atoms with van der Waals surface area (Å²) in [5, 5.41) is 0. The molecule has 2 aromatic heterocycles. The molecule has 4 heteroatoms. The van der Waals surface area contributed by atoms with Gasteiger partial charge in [-0.15, -0.1) is 0 Å². The molecule has 148 valence electrons. The number of nitrogens with zero attached hydrogens (tertiary/aromatic N) is 4. The standard InChI is InChI=1S/C13H25N2.C9H17N2/c1-4-5-6-7-8-9-10-15-12-11-14(3)13(15)2;1-4-5-6-11-8-7-10(3)9(11)2/h11-12H,4-10H2,1-3H3;7-8H,4-6H2,1-3H3/q2*+1. The number of aryl methyl sites for hydroxylation is 4. The Bertz CT molecular complexity index is 610. The second kappa shape index (κ2) is 12.7. The molecule has 0 saturated carbocycles. The van der Waals surface area contributed by atoms with Gasteiger partial charge in [-0.3, -0.25) is 0 Å². The molecule has 0 unspecified atom stereocenters. The van der Waals surface area contributed by atoms with Gasteiger partial charge in [0.1, 0.15) is 24.8 Å². The number of hydrogen-bond acceptors (Lipinski definition) is 0. The van der Waals surface area contributed by atoms with Gasteiger partial charge < -0.3 is 0 Å². The summed E-state index contributed by atoms with van der Waals surface area (Å²) < 4.78 is 8.97. The first-order chi connectivity index (χ1) is 12.5. The number of imidazole rings is 2. The van der Waals surface area contributed by atoms with Crippen molar-refractivity contribution in [3.05, 3.63) is 36.4 Å². The molecule has 0 saturated heterocycles. The lowest BCUT2D eigenvalue weighted by Crippen LogP contribution is -2.29. The molecule has 2 aromatic rings. The van der Waals surface area contributed by atoms with E-state index in [0.717, 1.165) is 6.54 Å². The molecule has 0 bridgehead atoms. The van der Waals surface area contributed by atoms with Crippen LogP contribution in [0.2, 0.25) is 0 Å². The maximum atomic E-state index is 2.35. The van der Waals surface area contributed by atoms with Crippen LogP contribution in [0.15, 0.2) is 24.8 Å². The average Bonchev–Trinajstić information content (AvgIpc) is 3.13. The Morgan fingerprint density at radius 1 is 0.654 bits per heavy atom. The molecule has 0 N–H and O–H groups in total. The van der Waals surface area contributed by atoms with E-state index in [1.165, 1.54) is 69.6 Å². The van der Waals surface area contributed by atoms with Crippen LogP contribution in [-0.4, -0.2) is 9.13 Å². The molecule has 0 radical (unpaired) electrons. The van der Waals surface area contributed by atoms with Gasteiger partial charge in [-0.2, -0.15) is 0 Å². The lowest BCUT2D eigenvalue weighted by atomic mass is 10.1. The molecule has 0 fully saturated rings. The fourth-order valence-electron chi connectivity index (χ4n) is 3.06. The molecule has 26 heavy (non-hydrogen) atoms. The Labute approximate surface area is 161 Å². The predicted molar refractivity (Wildman–Crippen MR) is 109 cm³/mol. The zero-order chi connectivity index (χ0) is 19.4. The monoisotopic (exact) mass is 362 g/mol.